The first-order valence-corrected chi connectivity index (χ1v) is 15.9. The maximum atomic E-state index is 12.8. The number of unbranched alkanes of at least 4 members (excludes halogenated alkanes) is 2. The standard InChI is InChI=1S/2C5H5N3O2.2C4H9.Sn/c2*6-4-3(5(9)10)7-1-2-8-4;2*1-3-4-2;/h2*1-2H,(H2,6,8)(H,9,10);2*1,3-4H2,2H3;/q;;;;+2/p-2. The van der Waals surface area contributed by atoms with Crippen molar-refractivity contribution in [3.8, 4) is 0 Å². The predicted molar refractivity (Wildman–Crippen MR) is 109 cm³/mol. The Kier molecular flexibility index (Phi) is 8.55. The number of nitrogens with zero attached hydrogens (tertiary/aromatic N) is 4. The normalized spacial score (nSPS) is 11.1. The molecule has 0 fully saturated rings. The number of aromatic nitrogens is 4. The maximum absolute atomic E-state index is 12.8. The van der Waals surface area contributed by atoms with Gasteiger partial charge in [0.05, 0.1) is 0 Å². The van der Waals surface area contributed by atoms with Crippen LogP contribution in [0.15, 0.2) is 24.8 Å². The summed E-state index contributed by atoms with van der Waals surface area (Å²) in [6.07, 6.45) is 8.71. The summed E-state index contributed by atoms with van der Waals surface area (Å²) in [4.78, 5) is 41.3. The number of nitrogens with two attached hydrogens (primary N) is 2. The van der Waals surface area contributed by atoms with Crippen molar-refractivity contribution < 1.29 is 15.7 Å². The molecule has 2 rings (SSSR count). The van der Waals surface area contributed by atoms with Crippen LogP contribution >= 0.6 is 0 Å². The first-order valence-electron chi connectivity index (χ1n) is 9.52. The van der Waals surface area contributed by atoms with Gasteiger partial charge in [0.2, 0.25) is 0 Å². The number of carbonyl (C=O) groups is 2. The molecule has 10 nitrogen and oxygen atoms in total. The molecule has 0 spiro atoms. The van der Waals surface area contributed by atoms with Crippen molar-refractivity contribution in [1.29, 1.82) is 0 Å². The Balaban J connectivity index is 2.35. The van der Waals surface area contributed by atoms with E-state index in [1.807, 2.05) is 13.8 Å². The van der Waals surface area contributed by atoms with Gasteiger partial charge in [-0.1, -0.05) is 0 Å². The fourth-order valence-corrected chi connectivity index (χ4v) is 12.3. The van der Waals surface area contributed by atoms with Gasteiger partial charge >= 0.3 is 174 Å². The Morgan fingerprint density at radius 2 is 1.17 bits per heavy atom. The van der Waals surface area contributed by atoms with E-state index in [4.69, 9.17) is 17.6 Å². The Hall–Kier alpha value is -2.50. The molecule has 0 bridgehead atoms. The molecular weight excluding hydrogens is 483 g/mol. The number of anilines is 2. The Morgan fingerprint density at radius 1 is 0.793 bits per heavy atom. The van der Waals surface area contributed by atoms with Crippen LogP contribution in [0.4, 0.5) is 11.6 Å². The van der Waals surface area contributed by atoms with Gasteiger partial charge in [-0.15, -0.1) is 0 Å². The molecule has 2 heterocycles. The van der Waals surface area contributed by atoms with Crippen molar-refractivity contribution in [2.24, 2.45) is 0 Å². The molecule has 0 aliphatic carbocycles. The first kappa shape index (κ1) is 22.8. The van der Waals surface area contributed by atoms with E-state index in [-0.39, 0.29) is 23.0 Å². The molecule has 0 aromatic carbocycles. The second-order valence-electron chi connectivity index (χ2n) is 6.48. The van der Waals surface area contributed by atoms with Gasteiger partial charge in [0.15, 0.2) is 0 Å². The van der Waals surface area contributed by atoms with Crippen LogP contribution in [0, 0.1) is 0 Å². The zero-order valence-corrected chi connectivity index (χ0v) is 19.5. The predicted octanol–water partition coefficient (Wildman–Crippen LogP) is 2.49. The quantitative estimate of drug-likeness (QED) is 0.456. The van der Waals surface area contributed by atoms with Crippen molar-refractivity contribution in [3.63, 3.8) is 0 Å². The van der Waals surface area contributed by atoms with Gasteiger partial charge in [0.25, 0.3) is 0 Å². The summed E-state index contributed by atoms with van der Waals surface area (Å²) in [7, 11) is 0. The number of hydrogen-bond acceptors (Lipinski definition) is 10. The van der Waals surface area contributed by atoms with Gasteiger partial charge in [0, 0.05) is 0 Å². The minimum atomic E-state index is -4.25. The van der Waals surface area contributed by atoms with Crippen LogP contribution in [0.5, 0.6) is 0 Å². The zero-order valence-electron chi connectivity index (χ0n) is 16.6. The third-order valence-electron chi connectivity index (χ3n) is 4.22. The van der Waals surface area contributed by atoms with Crippen LogP contribution < -0.4 is 11.5 Å². The van der Waals surface area contributed by atoms with E-state index in [9.17, 15) is 9.59 Å². The third-order valence-corrected chi connectivity index (χ3v) is 13.8. The first-order chi connectivity index (χ1) is 13.9. The second-order valence-corrected chi connectivity index (χ2v) is 15.7. The van der Waals surface area contributed by atoms with E-state index in [2.05, 4.69) is 19.9 Å². The molecule has 0 aliphatic heterocycles. The molecule has 2 aromatic heterocycles. The Morgan fingerprint density at radius 3 is 1.52 bits per heavy atom. The molecule has 0 saturated carbocycles. The van der Waals surface area contributed by atoms with Gasteiger partial charge < -0.3 is 0 Å². The third kappa shape index (κ3) is 6.24. The van der Waals surface area contributed by atoms with E-state index >= 15 is 0 Å². The van der Waals surface area contributed by atoms with Crippen molar-refractivity contribution in [3.05, 3.63) is 36.2 Å². The molecule has 0 saturated heterocycles. The molecule has 2 aromatic rings. The summed E-state index contributed by atoms with van der Waals surface area (Å²) >= 11 is -4.25. The molecule has 0 atom stereocenters. The van der Waals surface area contributed by atoms with Gasteiger partial charge in [-0.25, -0.2) is 0 Å². The van der Waals surface area contributed by atoms with Crippen LogP contribution in [0.25, 0.3) is 0 Å². The van der Waals surface area contributed by atoms with E-state index in [1.165, 1.54) is 24.8 Å². The molecule has 4 N–H and O–H groups in total. The topological polar surface area (TPSA) is 156 Å². The molecule has 0 amide bonds. The number of nitrogen functional groups attached to an aromatic ring is 2. The van der Waals surface area contributed by atoms with Crippen LogP contribution in [-0.4, -0.2) is 51.1 Å². The van der Waals surface area contributed by atoms with Crippen molar-refractivity contribution in [2.75, 3.05) is 11.5 Å². The van der Waals surface area contributed by atoms with Gasteiger partial charge in [0.1, 0.15) is 0 Å². The van der Waals surface area contributed by atoms with Crippen molar-refractivity contribution in [1.82, 2.24) is 19.9 Å². The van der Waals surface area contributed by atoms with Crippen molar-refractivity contribution >= 4 is 42.8 Å². The van der Waals surface area contributed by atoms with E-state index in [1.54, 1.807) is 0 Å². The Bertz CT molecular complexity index is 781. The summed E-state index contributed by atoms with van der Waals surface area (Å²) in [6, 6.07) is 0. The fourth-order valence-electron chi connectivity index (χ4n) is 2.69. The molecule has 0 unspecified atom stereocenters. The number of rotatable bonds is 10. The van der Waals surface area contributed by atoms with E-state index in [0.29, 0.717) is 8.87 Å². The molecule has 29 heavy (non-hydrogen) atoms. The fraction of sp³-hybridized carbons (Fsp3) is 0.444. The molecular formula is C18H26N6O4Sn. The van der Waals surface area contributed by atoms with Gasteiger partial charge in [-0.05, 0) is 0 Å². The second kappa shape index (κ2) is 10.9. The van der Waals surface area contributed by atoms with Crippen LogP contribution in [0.2, 0.25) is 8.87 Å². The molecule has 0 radical (unpaired) electrons. The summed E-state index contributed by atoms with van der Waals surface area (Å²) in [6.45, 7) is 4.03. The molecule has 156 valence electrons. The van der Waals surface area contributed by atoms with Crippen LogP contribution in [0.1, 0.15) is 60.5 Å². The molecule has 11 heteroatoms. The summed E-state index contributed by atoms with van der Waals surface area (Å²) in [5, 5.41) is 0. The van der Waals surface area contributed by atoms with Crippen LogP contribution in [0.3, 0.4) is 0 Å². The average molecular weight is 509 g/mol. The molecule has 0 aliphatic rings. The van der Waals surface area contributed by atoms with E-state index < -0.39 is 31.1 Å². The average Bonchev–Trinajstić information content (AvgIpc) is 2.71. The number of carbonyl (C=O) groups excluding carboxylic acids is 2. The summed E-state index contributed by atoms with van der Waals surface area (Å²) in [5.41, 5.74) is 11.3. The number of hydrogen-bond donors (Lipinski definition) is 2. The minimum absolute atomic E-state index is 0.0341. The summed E-state index contributed by atoms with van der Waals surface area (Å²) in [5.74, 6) is -1.52. The van der Waals surface area contributed by atoms with Crippen LogP contribution in [-0.2, 0) is 6.15 Å². The van der Waals surface area contributed by atoms with Crippen molar-refractivity contribution in [2.45, 2.75) is 48.4 Å². The monoisotopic (exact) mass is 510 g/mol. The SMILES string of the molecule is CCC[CH2][Sn]([CH2]CCC)([O]C(=O)c1nccnc1N)[O]C(=O)c1nccnc1N. The summed E-state index contributed by atoms with van der Waals surface area (Å²) < 4.78 is 12.8. The van der Waals surface area contributed by atoms with Gasteiger partial charge in [-0.3, -0.25) is 0 Å². The van der Waals surface area contributed by atoms with E-state index in [0.717, 1.165) is 25.7 Å². The Labute approximate surface area is 174 Å². The zero-order chi connectivity index (χ0) is 21.3. The van der Waals surface area contributed by atoms with Gasteiger partial charge in [-0.2, -0.15) is 0 Å².